The molecular weight excluding hydrogens is 526 g/mol. The summed E-state index contributed by atoms with van der Waals surface area (Å²) in [7, 11) is -0.817. The van der Waals surface area contributed by atoms with E-state index in [-0.39, 0.29) is 28.0 Å². The average molecular weight is 546 g/mol. The first kappa shape index (κ1) is 27.9. The van der Waals surface area contributed by atoms with Crippen LogP contribution in [0.2, 0.25) is 0 Å². The molecule has 0 aliphatic rings. The largest absolute Gasteiger partial charge is 0.573 e. The van der Waals surface area contributed by atoms with Gasteiger partial charge in [0.05, 0.1) is 16.2 Å². The number of nitrogens with zero attached hydrogens (tertiary/aromatic N) is 4. The Morgan fingerprint density at radius 3 is 2.08 bits per heavy atom. The summed E-state index contributed by atoms with van der Waals surface area (Å²) in [6, 6.07) is 7.92. The number of aromatic nitrogens is 2. The van der Waals surface area contributed by atoms with E-state index in [1.807, 2.05) is 0 Å². The standard InChI is InChI=1S/C23H20F6N4O3S/c1-4-37(34,35)18-11-15(14-5-8-17(9-6-14)36-23(27,28)29)12-31-20(18)21(33(2)3)32-19-10-7-16(13-30-19)22(24,25)26/h5-13H,4H2,1-3H3. The van der Waals surface area contributed by atoms with Crippen molar-refractivity contribution in [3.8, 4) is 16.9 Å². The highest BCUT2D eigenvalue weighted by molar-refractivity contribution is 7.91. The van der Waals surface area contributed by atoms with Crippen LogP contribution in [0.1, 0.15) is 18.2 Å². The van der Waals surface area contributed by atoms with Crippen LogP contribution in [0, 0.1) is 0 Å². The van der Waals surface area contributed by atoms with Gasteiger partial charge in [-0.25, -0.2) is 18.4 Å². The van der Waals surface area contributed by atoms with E-state index in [2.05, 4.69) is 19.7 Å². The topological polar surface area (TPSA) is 84.8 Å². The smallest absolute Gasteiger partial charge is 0.406 e. The second kappa shape index (κ2) is 10.4. The lowest BCUT2D eigenvalue weighted by Gasteiger charge is -2.19. The summed E-state index contributed by atoms with van der Waals surface area (Å²) < 4.78 is 106. The third-order valence-corrected chi connectivity index (χ3v) is 6.66. The van der Waals surface area contributed by atoms with Crippen LogP contribution in [0.25, 0.3) is 11.1 Å². The molecule has 3 aromatic rings. The molecule has 14 heteroatoms. The molecule has 0 aliphatic carbocycles. The maximum atomic E-state index is 13.0. The minimum atomic E-state index is -4.86. The Bertz CT molecular complexity index is 1390. The Morgan fingerprint density at radius 1 is 0.946 bits per heavy atom. The molecule has 7 nitrogen and oxygen atoms in total. The average Bonchev–Trinajstić information content (AvgIpc) is 2.81. The summed E-state index contributed by atoms with van der Waals surface area (Å²) in [4.78, 5) is 13.4. The van der Waals surface area contributed by atoms with E-state index in [4.69, 9.17) is 0 Å². The fourth-order valence-electron chi connectivity index (χ4n) is 3.11. The second-order valence-electron chi connectivity index (χ2n) is 7.78. The summed E-state index contributed by atoms with van der Waals surface area (Å²) in [5, 5.41) is 0. The van der Waals surface area contributed by atoms with Crippen LogP contribution < -0.4 is 4.74 Å². The molecular formula is C23H20F6N4O3S. The van der Waals surface area contributed by atoms with Gasteiger partial charge in [-0.1, -0.05) is 19.1 Å². The molecule has 37 heavy (non-hydrogen) atoms. The lowest BCUT2D eigenvalue weighted by atomic mass is 10.1. The maximum Gasteiger partial charge on any atom is 0.573 e. The minimum Gasteiger partial charge on any atom is -0.406 e. The quantitative estimate of drug-likeness (QED) is 0.231. The number of hydrogen-bond donors (Lipinski definition) is 0. The zero-order chi connectivity index (χ0) is 27.6. The highest BCUT2D eigenvalue weighted by Gasteiger charge is 2.32. The third kappa shape index (κ3) is 6.96. The first-order chi connectivity index (χ1) is 17.1. The number of halogens is 6. The molecule has 0 amide bonds. The first-order valence-electron chi connectivity index (χ1n) is 10.5. The zero-order valence-corrected chi connectivity index (χ0v) is 20.4. The zero-order valence-electron chi connectivity index (χ0n) is 19.6. The SMILES string of the molecule is CCS(=O)(=O)c1cc(-c2ccc(OC(F)(F)F)cc2)cnc1C(=Nc1ccc(C(F)(F)F)cn1)N(C)C. The lowest BCUT2D eigenvalue weighted by molar-refractivity contribution is -0.274. The Hall–Kier alpha value is -3.68. The number of benzene rings is 1. The summed E-state index contributed by atoms with van der Waals surface area (Å²) in [5.41, 5.74) is -0.385. The van der Waals surface area contributed by atoms with E-state index in [1.165, 1.54) is 36.2 Å². The van der Waals surface area contributed by atoms with E-state index >= 15 is 0 Å². The number of alkyl halides is 6. The van der Waals surface area contributed by atoms with Crippen LogP contribution in [0.5, 0.6) is 5.75 Å². The normalized spacial score (nSPS) is 12.9. The first-order valence-corrected chi connectivity index (χ1v) is 12.1. The van der Waals surface area contributed by atoms with Crippen LogP contribution in [0.4, 0.5) is 32.2 Å². The molecule has 0 atom stereocenters. The molecule has 2 heterocycles. The highest BCUT2D eigenvalue weighted by atomic mass is 32.2. The molecule has 0 radical (unpaired) electrons. The van der Waals surface area contributed by atoms with Gasteiger partial charge >= 0.3 is 12.5 Å². The van der Waals surface area contributed by atoms with Gasteiger partial charge in [-0.15, -0.1) is 13.2 Å². The summed E-state index contributed by atoms with van der Waals surface area (Å²) in [5.74, 6) is -0.848. The number of hydrogen-bond acceptors (Lipinski definition) is 6. The number of pyridine rings is 2. The van der Waals surface area contributed by atoms with Gasteiger partial charge in [0.15, 0.2) is 21.5 Å². The molecule has 3 rings (SSSR count). The maximum absolute atomic E-state index is 13.0. The van der Waals surface area contributed by atoms with Crippen molar-refractivity contribution in [1.82, 2.24) is 14.9 Å². The van der Waals surface area contributed by atoms with Crippen LogP contribution in [-0.4, -0.2) is 55.3 Å². The molecule has 0 unspecified atom stereocenters. The van der Waals surface area contributed by atoms with Gasteiger partial charge in [-0.2, -0.15) is 13.2 Å². The minimum absolute atomic E-state index is 0.0137. The Labute approximate surface area is 208 Å². The van der Waals surface area contributed by atoms with E-state index in [0.29, 0.717) is 17.3 Å². The number of aliphatic imine (C=N–C) groups is 1. The van der Waals surface area contributed by atoms with Crippen molar-refractivity contribution in [2.75, 3.05) is 19.8 Å². The number of rotatable bonds is 6. The van der Waals surface area contributed by atoms with Crippen LogP contribution in [0.3, 0.4) is 0 Å². The van der Waals surface area contributed by atoms with Crippen molar-refractivity contribution in [3.63, 3.8) is 0 Å². The lowest BCUT2D eigenvalue weighted by Crippen LogP contribution is -2.26. The molecule has 0 fully saturated rings. The molecule has 0 saturated carbocycles. The summed E-state index contributed by atoms with van der Waals surface area (Å²) in [6.07, 6.45) is -7.53. The van der Waals surface area contributed by atoms with Crippen LogP contribution in [-0.2, 0) is 16.0 Å². The van der Waals surface area contributed by atoms with Gasteiger partial charge in [-0.05, 0) is 35.9 Å². The molecule has 0 bridgehead atoms. The van der Waals surface area contributed by atoms with Crippen molar-refractivity contribution in [3.05, 3.63) is 66.1 Å². The highest BCUT2D eigenvalue weighted by Crippen LogP contribution is 2.31. The van der Waals surface area contributed by atoms with Crippen molar-refractivity contribution >= 4 is 21.5 Å². The van der Waals surface area contributed by atoms with E-state index in [9.17, 15) is 34.8 Å². The second-order valence-corrected chi connectivity index (χ2v) is 10.0. The predicted octanol–water partition coefficient (Wildman–Crippen LogP) is 5.49. The van der Waals surface area contributed by atoms with Crippen molar-refractivity contribution in [2.45, 2.75) is 24.4 Å². The van der Waals surface area contributed by atoms with E-state index < -0.39 is 33.7 Å². The third-order valence-electron chi connectivity index (χ3n) is 4.92. The number of amidine groups is 1. The van der Waals surface area contributed by atoms with Crippen molar-refractivity contribution in [2.24, 2.45) is 4.99 Å². The molecule has 0 saturated heterocycles. The molecule has 1 aromatic carbocycles. The Balaban J connectivity index is 2.10. The van der Waals surface area contributed by atoms with Gasteiger partial charge in [0.2, 0.25) is 0 Å². The van der Waals surface area contributed by atoms with Crippen LogP contribution >= 0.6 is 0 Å². The molecule has 198 valence electrons. The molecule has 0 aliphatic heterocycles. The summed E-state index contributed by atoms with van der Waals surface area (Å²) in [6.45, 7) is 1.42. The monoisotopic (exact) mass is 546 g/mol. The fraction of sp³-hybridized carbons (Fsp3) is 0.261. The number of ether oxygens (including phenoxy) is 1. The van der Waals surface area contributed by atoms with Gasteiger partial charge < -0.3 is 9.64 Å². The number of sulfone groups is 1. The molecule has 0 spiro atoms. The Morgan fingerprint density at radius 2 is 1.59 bits per heavy atom. The molecule has 2 aromatic heterocycles. The molecule has 0 N–H and O–H groups in total. The van der Waals surface area contributed by atoms with Crippen molar-refractivity contribution in [1.29, 1.82) is 0 Å². The van der Waals surface area contributed by atoms with Gasteiger partial charge in [0, 0.05) is 32.1 Å². The van der Waals surface area contributed by atoms with Gasteiger partial charge in [-0.3, -0.25) is 4.98 Å². The fourth-order valence-corrected chi connectivity index (χ4v) is 4.16. The Kier molecular flexibility index (Phi) is 7.81. The van der Waals surface area contributed by atoms with Gasteiger partial charge in [0.25, 0.3) is 0 Å². The summed E-state index contributed by atoms with van der Waals surface area (Å²) >= 11 is 0. The van der Waals surface area contributed by atoms with Crippen molar-refractivity contribution < 1.29 is 39.5 Å². The predicted molar refractivity (Wildman–Crippen MR) is 123 cm³/mol. The van der Waals surface area contributed by atoms with E-state index in [0.717, 1.165) is 24.3 Å². The van der Waals surface area contributed by atoms with E-state index in [1.54, 1.807) is 14.1 Å². The van der Waals surface area contributed by atoms with Gasteiger partial charge in [0.1, 0.15) is 11.4 Å². The van der Waals surface area contributed by atoms with Crippen LogP contribution in [0.15, 0.2) is 64.7 Å².